The first kappa shape index (κ1) is 23.3. The molecule has 0 bridgehead atoms. The van der Waals surface area contributed by atoms with Crippen LogP contribution in [-0.4, -0.2) is 48.7 Å². The van der Waals surface area contributed by atoms with Gasteiger partial charge in [0.2, 0.25) is 0 Å². The van der Waals surface area contributed by atoms with Gasteiger partial charge in [0.1, 0.15) is 11.7 Å². The second-order valence-electron chi connectivity index (χ2n) is 9.11. The number of amides is 2. The Morgan fingerprint density at radius 3 is 1.39 bits per heavy atom. The van der Waals surface area contributed by atoms with E-state index in [1.807, 2.05) is 36.4 Å². The quantitative estimate of drug-likeness (QED) is 0.432. The van der Waals surface area contributed by atoms with E-state index in [9.17, 15) is 9.59 Å². The lowest BCUT2D eigenvalue weighted by molar-refractivity contribution is 0.102. The van der Waals surface area contributed by atoms with Crippen LogP contribution < -0.4 is 21.3 Å². The molecular weight excluding hydrogens is 452 g/mol. The molecule has 36 heavy (non-hydrogen) atoms. The summed E-state index contributed by atoms with van der Waals surface area (Å²) in [5, 5.41) is 12.4. The van der Waals surface area contributed by atoms with Crippen molar-refractivity contribution in [1.82, 2.24) is 10.6 Å². The van der Waals surface area contributed by atoms with Gasteiger partial charge < -0.3 is 21.3 Å². The van der Waals surface area contributed by atoms with Crippen LogP contribution >= 0.6 is 0 Å². The molecular formula is C28H28N6O2. The Morgan fingerprint density at radius 2 is 1.00 bits per heavy atom. The van der Waals surface area contributed by atoms with Crippen LogP contribution in [0.3, 0.4) is 0 Å². The van der Waals surface area contributed by atoms with Crippen LogP contribution in [0.5, 0.6) is 0 Å². The average molecular weight is 481 g/mol. The fraction of sp³-hybridized carbons (Fsp3) is 0.214. The van der Waals surface area contributed by atoms with Crippen LogP contribution in [0.4, 0.5) is 11.4 Å². The summed E-state index contributed by atoms with van der Waals surface area (Å²) < 4.78 is 0. The number of aliphatic imine (C=N–C) groups is 2. The standard InChI is InChI=1S/C28H28N6O2/c1-17-15-29-25(31-17)19-3-5-21(6-4-19)27(35)34-24-13-9-22(10-14-24)28(36)33-23-11-7-20(8-12-23)26-30-16-18(2)32-26/h3-14,17-18H,15-16H2,1-2H3,(H,29,31)(H,30,32)(H,33,36)(H,34,35). The molecule has 2 atom stereocenters. The van der Waals surface area contributed by atoms with Crippen LogP contribution in [0.1, 0.15) is 45.7 Å². The maximum Gasteiger partial charge on any atom is 0.255 e. The summed E-state index contributed by atoms with van der Waals surface area (Å²) in [6.45, 7) is 5.69. The SMILES string of the molecule is CC1CN=C(c2ccc(NC(=O)c3ccc(NC(=O)c4ccc(C5=NCC(C)N5)cc4)cc3)cc2)N1. The minimum Gasteiger partial charge on any atom is -0.366 e. The van der Waals surface area contributed by atoms with Gasteiger partial charge in [0, 0.05) is 45.7 Å². The van der Waals surface area contributed by atoms with Gasteiger partial charge in [0.05, 0.1) is 13.1 Å². The van der Waals surface area contributed by atoms with Crippen molar-refractivity contribution in [3.8, 4) is 0 Å². The summed E-state index contributed by atoms with van der Waals surface area (Å²) in [4.78, 5) is 34.3. The van der Waals surface area contributed by atoms with E-state index in [2.05, 4.69) is 45.1 Å². The predicted molar refractivity (Wildman–Crippen MR) is 143 cm³/mol. The summed E-state index contributed by atoms with van der Waals surface area (Å²) in [6.07, 6.45) is 0. The molecule has 0 aromatic heterocycles. The molecule has 0 fully saturated rings. The minimum absolute atomic E-state index is 0.218. The average Bonchev–Trinajstić information content (AvgIpc) is 3.53. The highest BCUT2D eigenvalue weighted by molar-refractivity contribution is 6.07. The maximum atomic E-state index is 12.7. The Bertz CT molecular complexity index is 1330. The first-order chi connectivity index (χ1) is 17.4. The molecule has 2 aliphatic heterocycles. The molecule has 0 spiro atoms. The number of nitrogens with one attached hydrogen (secondary N) is 4. The van der Waals surface area contributed by atoms with E-state index in [1.54, 1.807) is 36.4 Å². The van der Waals surface area contributed by atoms with Crippen molar-refractivity contribution >= 4 is 34.9 Å². The molecule has 3 aromatic carbocycles. The first-order valence-electron chi connectivity index (χ1n) is 12.0. The van der Waals surface area contributed by atoms with Gasteiger partial charge in [-0.25, -0.2) is 0 Å². The Labute approximate surface area is 209 Å². The van der Waals surface area contributed by atoms with E-state index < -0.39 is 0 Å². The predicted octanol–water partition coefficient (Wildman–Crippen LogP) is 3.67. The molecule has 2 heterocycles. The van der Waals surface area contributed by atoms with Crippen LogP contribution in [0.15, 0.2) is 82.8 Å². The van der Waals surface area contributed by atoms with Gasteiger partial charge in [0.25, 0.3) is 11.8 Å². The van der Waals surface area contributed by atoms with Crippen LogP contribution in [0.25, 0.3) is 0 Å². The van der Waals surface area contributed by atoms with E-state index in [0.717, 1.165) is 35.9 Å². The van der Waals surface area contributed by atoms with Gasteiger partial charge in [-0.05, 0) is 74.5 Å². The molecule has 8 nitrogen and oxygen atoms in total. The van der Waals surface area contributed by atoms with Crippen LogP contribution in [-0.2, 0) is 0 Å². The summed E-state index contributed by atoms with van der Waals surface area (Å²) in [6, 6.07) is 22.4. The van der Waals surface area contributed by atoms with E-state index in [-0.39, 0.29) is 11.8 Å². The molecule has 4 N–H and O–H groups in total. The third-order valence-corrected chi connectivity index (χ3v) is 6.05. The lowest BCUT2D eigenvalue weighted by Crippen LogP contribution is -2.27. The number of carbonyl (C=O) groups is 2. The summed E-state index contributed by atoms with van der Waals surface area (Å²) in [7, 11) is 0. The van der Waals surface area contributed by atoms with E-state index in [4.69, 9.17) is 0 Å². The lowest BCUT2D eigenvalue weighted by atomic mass is 10.1. The second kappa shape index (κ2) is 10.0. The number of benzene rings is 3. The number of hydrogen-bond acceptors (Lipinski definition) is 6. The van der Waals surface area contributed by atoms with E-state index >= 15 is 0 Å². The molecule has 8 heteroatoms. The molecule has 182 valence electrons. The van der Waals surface area contributed by atoms with Crippen molar-refractivity contribution in [3.05, 3.63) is 95.1 Å². The second-order valence-corrected chi connectivity index (χ2v) is 9.11. The zero-order valence-electron chi connectivity index (χ0n) is 20.2. The molecule has 0 saturated carbocycles. The fourth-order valence-electron chi connectivity index (χ4n) is 4.06. The monoisotopic (exact) mass is 480 g/mol. The number of anilines is 2. The molecule has 3 aromatic rings. The molecule has 0 aliphatic carbocycles. The lowest BCUT2D eigenvalue weighted by Gasteiger charge is -2.10. The Hall–Kier alpha value is -4.46. The normalized spacial score (nSPS) is 18.5. The third kappa shape index (κ3) is 5.27. The summed E-state index contributed by atoms with van der Waals surface area (Å²) in [5.74, 6) is 1.29. The Kier molecular flexibility index (Phi) is 6.49. The molecule has 0 saturated heterocycles. The van der Waals surface area contributed by atoms with Crippen molar-refractivity contribution in [2.75, 3.05) is 23.7 Å². The number of amidine groups is 2. The zero-order valence-corrected chi connectivity index (χ0v) is 20.2. The van der Waals surface area contributed by atoms with Gasteiger partial charge in [0.15, 0.2) is 0 Å². The maximum absolute atomic E-state index is 12.7. The summed E-state index contributed by atoms with van der Waals surface area (Å²) in [5.41, 5.74) is 4.30. The van der Waals surface area contributed by atoms with Crippen molar-refractivity contribution in [2.24, 2.45) is 9.98 Å². The van der Waals surface area contributed by atoms with Gasteiger partial charge in [-0.2, -0.15) is 0 Å². The third-order valence-electron chi connectivity index (χ3n) is 6.05. The molecule has 2 amide bonds. The summed E-state index contributed by atoms with van der Waals surface area (Å²) >= 11 is 0. The van der Waals surface area contributed by atoms with Gasteiger partial charge in [-0.1, -0.05) is 12.1 Å². The van der Waals surface area contributed by atoms with E-state index in [0.29, 0.717) is 34.6 Å². The van der Waals surface area contributed by atoms with Crippen molar-refractivity contribution in [1.29, 1.82) is 0 Å². The molecule has 0 radical (unpaired) electrons. The largest absolute Gasteiger partial charge is 0.366 e. The highest BCUT2D eigenvalue weighted by atomic mass is 16.2. The van der Waals surface area contributed by atoms with E-state index in [1.165, 1.54) is 0 Å². The van der Waals surface area contributed by atoms with Crippen LogP contribution in [0, 0.1) is 0 Å². The number of hydrogen-bond donors (Lipinski definition) is 4. The fourth-order valence-corrected chi connectivity index (χ4v) is 4.06. The Morgan fingerprint density at radius 1 is 0.639 bits per heavy atom. The van der Waals surface area contributed by atoms with Crippen LogP contribution in [0.2, 0.25) is 0 Å². The molecule has 2 aliphatic rings. The van der Waals surface area contributed by atoms with Gasteiger partial charge in [-0.15, -0.1) is 0 Å². The number of carbonyl (C=O) groups excluding carboxylic acids is 2. The number of rotatable bonds is 6. The topological polar surface area (TPSA) is 107 Å². The van der Waals surface area contributed by atoms with Crippen molar-refractivity contribution < 1.29 is 9.59 Å². The molecule has 2 unspecified atom stereocenters. The zero-order chi connectivity index (χ0) is 25.1. The first-order valence-corrected chi connectivity index (χ1v) is 12.0. The smallest absolute Gasteiger partial charge is 0.255 e. The van der Waals surface area contributed by atoms with Gasteiger partial charge in [-0.3, -0.25) is 19.6 Å². The molecule has 5 rings (SSSR count). The Balaban J connectivity index is 1.16. The highest BCUT2D eigenvalue weighted by Gasteiger charge is 2.16. The van der Waals surface area contributed by atoms with Gasteiger partial charge >= 0.3 is 0 Å². The van der Waals surface area contributed by atoms with Crippen molar-refractivity contribution in [2.45, 2.75) is 25.9 Å². The number of nitrogens with zero attached hydrogens (tertiary/aromatic N) is 2. The van der Waals surface area contributed by atoms with Crippen molar-refractivity contribution in [3.63, 3.8) is 0 Å². The minimum atomic E-state index is -0.223. The highest BCUT2D eigenvalue weighted by Crippen LogP contribution is 2.16.